The van der Waals surface area contributed by atoms with Crippen LogP contribution in [0.4, 0.5) is 4.39 Å². The molecule has 0 saturated heterocycles. The third-order valence-corrected chi connectivity index (χ3v) is 3.68. The molecule has 1 heterocycles. The molecular weight excluding hydrogens is 277 g/mol. The molecule has 0 saturated carbocycles. The van der Waals surface area contributed by atoms with Gasteiger partial charge in [0.25, 0.3) is 0 Å². The number of aromatic nitrogens is 3. The van der Waals surface area contributed by atoms with E-state index in [-0.39, 0.29) is 17.0 Å². The van der Waals surface area contributed by atoms with E-state index in [4.69, 9.17) is 4.74 Å². The maximum Gasteiger partial charge on any atom is 0.208 e. The van der Waals surface area contributed by atoms with Gasteiger partial charge in [0, 0.05) is 11.2 Å². The van der Waals surface area contributed by atoms with Gasteiger partial charge in [-0.15, -0.1) is 5.10 Å². The van der Waals surface area contributed by atoms with E-state index in [1.165, 1.54) is 24.9 Å². The van der Waals surface area contributed by atoms with Crippen LogP contribution in [0.5, 0.6) is 5.75 Å². The van der Waals surface area contributed by atoms with Crippen LogP contribution < -0.4 is 4.74 Å². The number of ether oxygens (including phenoxy) is 1. The normalized spacial score (nSPS) is 11.7. The van der Waals surface area contributed by atoms with Crippen molar-refractivity contribution in [2.75, 3.05) is 7.11 Å². The van der Waals surface area contributed by atoms with Gasteiger partial charge in [0.15, 0.2) is 11.6 Å². The standard InChI is InChI=1S/C14H18FN3OS/c1-14(2,3)12-16-13(18-17-12)20-8-9-5-6-11(19-4)10(15)7-9/h5-7H,8H2,1-4H3,(H,16,17,18). The van der Waals surface area contributed by atoms with Crippen molar-refractivity contribution in [3.05, 3.63) is 35.4 Å². The lowest BCUT2D eigenvalue weighted by atomic mass is 9.96. The average Bonchev–Trinajstić information content (AvgIpc) is 2.85. The Morgan fingerprint density at radius 3 is 2.65 bits per heavy atom. The molecule has 4 nitrogen and oxygen atoms in total. The molecule has 0 aliphatic rings. The van der Waals surface area contributed by atoms with E-state index in [9.17, 15) is 4.39 Å². The Kier molecular flexibility index (Phi) is 4.32. The predicted molar refractivity (Wildman–Crippen MR) is 77.6 cm³/mol. The lowest BCUT2D eigenvalue weighted by molar-refractivity contribution is 0.386. The minimum atomic E-state index is -0.351. The summed E-state index contributed by atoms with van der Waals surface area (Å²) in [6, 6.07) is 4.94. The van der Waals surface area contributed by atoms with E-state index >= 15 is 0 Å². The molecule has 1 aromatic carbocycles. The topological polar surface area (TPSA) is 50.8 Å². The van der Waals surface area contributed by atoms with E-state index in [0.717, 1.165) is 11.4 Å². The second kappa shape index (κ2) is 5.83. The summed E-state index contributed by atoms with van der Waals surface area (Å²) in [5.41, 5.74) is 0.813. The maximum absolute atomic E-state index is 13.6. The Labute approximate surface area is 122 Å². The quantitative estimate of drug-likeness (QED) is 0.877. The van der Waals surface area contributed by atoms with Gasteiger partial charge >= 0.3 is 0 Å². The second-order valence-corrected chi connectivity index (χ2v) is 6.42. The van der Waals surface area contributed by atoms with Gasteiger partial charge < -0.3 is 4.74 Å². The molecule has 0 aliphatic heterocycles. The molecule has 6 heteroatoms. The van der Waals surface area contributed by atoms with Crippen molar-refractivity contribution < 1.29 is 9.13 Å². The zero-order valence-electron chi connectivity index (χ0n) is 12.0. The summed E-state index contributed by atoms with van der Waals surface area (Å²) in [5, 5.41) is 7.77. The van der Waals surface area contributed by atoms with Crippen LogP contribution in [-0.2, 0) is 11.2 Å². The molecule has 0 unspecified atom stereocenters. The number of nitrogens with one attached hydrogen (secondary N) is 1. The van der Waals surface area contributed by atoms with Crippen LogP contribution in [0.15, 0.2) is 23.4 Å². The number of halogens is 1. The van der Waals surface area contributed by atoms with Gasteiger partial charge in [-0.3, -0.25) is 5.10 Å². The Morgan fingerprint density at radius 2 is 2.10 bits per heavy atom. The zero-order valence-corrected chi connectivity index (χ0v) is 12.8. The maximum atomic E-state index is 13.6. The molecule has 108 valence electrons. The summed E-state index contributed by atoms with van der Waals surface area (Å²) in [6.45, 7) is 6.21. The SMILES string of the molecule is COc1ccc(CSc2n[nH]c(C(C)(C)C)n2)cc1F. The molecule has 1 aromatic heterocycles. The van der Waals surface area contributed by atoms with E-state index < -0.39 is 0 Å². The van der Waals surface area contributed by atoms with Crippen LogP contribution >= 0.6 is 11.8 Å². The van der Waals surface area contributed by atoms with E-state index in [1.54, 1.807) is 6.07 Å². The summed E-state index contributed by atoms with van der Waals surface area (Å²) >= 11 is 1.47. The smallest absolute Gasteiger partial charge is 0.208 e. The summed E-state index contributed by atoms with van der Waals surface area (Å²) < 4.78 is 18.5. The third-order valence-electron chi connectivity index (χ3n) is 2.76. The Hall–Kier alpha value is -1.56. The number of nitrogens with zero attached hydrogens (tertiary/aromatic N) is 2. The van der Waals surface area contributed by atoms with Crippen molar-refractivity contribution in [1.29, 1.82) is 0 Å². The fraction of sp³-hybridized carbons (Fsp3) is 0.429. The van der Waals surface area contributed by atoms with Gasteiger partial charge in [-0.1, -0.05) is 38.6 Å². The highest BCUT2D eigenvalue weighted by molar-refractivity contribution is 7.98. The molecule has 1 N–H and O–H groups in total. The molecule has 0 spiro atoms. The first kappa shape index (κ1) is 14.8. The van der Waals surface area contributed by atoms with Crippen molar-refractivity contribution in [3.63, 3.8) is 0 Å². The molecule has 0 amide bonds. The van der Waals surface area contributed by atoms with Crippen LogP contribution in [0, 0.1) is 5.82 Å². The first-order valence-corrected chi connectivity index (χ1v) is 7.27. The number of hydrogen-bond donors (Lipinski definition) is 1. The highest BCUT2D eigenvalue weighted by atomic mass is 32.2. The summed E-state index contributed by atoms with van der Waals surface area (Å²) in [5.74, 6) is 1.37. The van der Waals surface area contributed by atoms with Crippen molar-refractivity contribution in [2.24, 2.45) is 0 Å². The first-order chi connectivity index (χ1) is 9.40. The molecule has 0 fully saturated rings. The molecule has 0 radical (unpaired) electrons. The number of methoxy groups -OCH3 is 1. The van der Waals surface area contributed by atoms with Crippen molar-refractivity contribution in [2.45, 2.75) is 37.1 Å². The third kappa shape index (κ3) is 3.50. The van der Waals surface area contributed by atoms with E-state index in [0.29, 0.717) is 10.9 Å². The molecule has 0 bridgehead atoms. The van der Waals surface area contributed by atoms with Gasteiger partial charge in [0.1, 0.15) is 5.82 Å². The highest BCUT2D eigenvalue weighted by Crippen LogP contribution is 2.25. The van der Waals surface area contributed by atoms with Crippen molar-refractivity contribution in [1.82, 2.24) is 15.2 Å². The number of thioether (sulfide) groups is 1. The number of benzene rings is 1. The molecule has 0 aliphatic carbocycles. The molecule has 2 aromatic rings. The number of aromatic amines is 1. The van der Waals surface area contributed by atoms with Crippen LogP contribution in [-0.4, -0.2) is 22.3 Å². The molecule has 0 atom stereocenters. The van der Waals surface area contributed by atoms with Crippen LogP contribution in [0.2, 0.25) is 0 Å². The lowest BCUT2D eigenvalue weighted by Gasteiger charge is -2.12. The highest BCUT2D eigenvalue weighted by Gasteiger charge is 2.18. The van der Waals surface area contributed by atoms with Crippen molar-refractivity contribution in [3.8, 4) is 5.75 Å². The van der Waals surface area contributed by atoms with Crippen LogP contribution in [0.3, 0.4) is 0 Å². The number of hydrogen-bond acceptors (Lipinski definition) is 4. The average molecular weight is 295 g/mol. The lowest BCUT2D eigenvalue weighted by Crippen LogP contribution is -2.13. The Bertz CT molecular complexity index is 592. The molecular formula is C14H18FN3OS. The van der Waals surface area contributed by atoms with Gasteiger partial charge in [-0.2, -0.15) is 0 Å². The predicted octanol–water partition coefficient (Wildman–Crippen LogP) is 3.54. The van der Waals surface area contributed by atoms with Crippen LogP contribution in [0.25, 0.3) is 0 Å². The Balaban J connectivity index is 2.02. The first-order valence-electron chi connectivity index (χ1n) is 6.28. The Morgan fingerprint density at radius 1 is 1.35 bits per heavy atom. The van der Waals surface area contributed by atoms with Crippen molar-refractivity contribution >= 4 is 11.8 Å². The molecule has 20 heavy (non-hydrogen) atoms. The van der Waals surface area contributed by atoms with Gasteiger partial charge in [0.2, 0.25) is 5.16 Å². The van der Waals surface area contributed by atoms with Gasteiger partial charge in [0.05, 0.1) is 7.11 Å². The minimum absolute atomic E-state index is 0.0575. The largest absolute Gasteiger partial charge is 0.494 e. The van der Waals surface area contributed by atoms with Gasteiger partial charge in [-0.25, -0.2) is 9.37 Å². The number of H-pyrrole nitrogens is 1. The monoisotopic (exact) mass is 295 g/mol. The van der Waals surface area contributed by atoms with Crippen LogP contribution in [0.1, 0.15) is 32.2 Å². The summed E-state index contributed by atoms with van der Waals surface area (Å²) in [6.07, 6.45) is 0. The second-order valence-electron chi connectivity index (χ2n) is 5.47. The zero-order chi connectivity index (χ0) is 14.8. The van der Waals surface area contributed by atoms with E-state index in [1.807, 2.05) is 6.07 Å². The van der Waals surface area contributed by atoms with E-state index in [2.05, 4.69) is 36.0 Å². The fourth-order valence-electron chi connectivity index (χ4n) is 1.59. The fourth-order valence-corrected chi connectivity index (χ4v) is 2.34. The number of rotatable bonds is 4. The minimum Gasteiger partial charge on any atom is -0.494 e. The molecule has 2 rings (SSSR count). The van der Waals surface area contributed by atoms with Gasteiger partial charge in [-0.05, 0) is 17.7 Å². The summed E-state index contributed by atoms with van der Waals surface area (Å²) in [7, 11) is 1.45. The summed E-state index contributed by atoms with van der Waals surface area (Å²) in [4.78, 5) is 4.43.